The van der Waals surface area contributed by atoms with Gasteiger partial charge in [0.1, 0.15) is 5.82 Å². The SMILES string of the molecule is COCC(O)CCn1c(C(C)C)nc2cc(N)ccc21. The fourth-order valence-corrected chi connectivity index (χ4v) is 2.40. The summed E-state index contributed by atoms with van der Waals surface area (Å²) < 4.78 is 7.13. The molecular formula is C15H23N3O2. The van der Waals surface area contributed by atoms with Gasteiger partial charge in [-0.25, -0.2) is 4.98 Å². The number of hydrogen-bond acceptors (Lipinski definition) is 4. The number of fused-ring (bicyclic) bond motifs is 1. The molecule has 0 fully saturated rings. The summed E-state index contributed by atoms with van der Waals surface area (Å²) in [6.45, 7) is 5.31. The number of aliphatic hydroxyl groups excluding tert-OH is 1. The second-order valence-corrected chi connectivity index (χ2v) is 5.42. The molecule has 2 aromatic rings. The third kappa shape index (κ3) is 3.11. The first kappa shape index (κ1) is 14.8. The Morgan fingerprint density at radius 2 is 2.15 bits per heavy atom. The highest BCUT2D eigenvalue weighted by Crippen LogP contribution is 2.24. The molecule has 1 aromatic carbocycles. The molecule has 1 heterocycles. The van der Waals surface area contributed by atoms with Gasteiger partial charge in [-0.1, -0.05) is 13.8 Å². The molecule has 0 amide bonds. The highest BCUT2D eigenvalue weighted by molar-refractivity contribution is 5.79. The van der Waals surface area contributed by atoms with Crippen LogP contribution in [0.4, 0.5) is 5.69 Å². The third-order valence-corrected chi connectivity index (χ3v) is 3.36. The summed E-state index contributed by atoms with van der Waals surface area (Å²) in [6.07, 6.45) is 0.190. The van der Waals surface area contributed by atoms with E-state index < -0.39 is 6.10 Å². The minimum Gasteiger partial charge on any atom is -0.399 e. The molecule has 1 atom stereocenters. The van der Waals surface area contributed by atoms with Crippen molar-refractivity contribution in [2.45, 2.75) is 38.8 Å². The van der Waals surface area contributed by atoms with Crippen LogP contribution in [0.15, 0.2) is 18.2 Å². The first-order chi connectivity index (χ1) is 9.52. The van der Waals surface area contributed by atoms with E-state index in [9.17, 15) is 5.11 Å². The predicted octanol–water partition coefficient (Wildman–Crippen LogP) is 2.14. The van der Waals surface area contributed by atoms with E-state index in [1.54, 1.807) is 7.11 Å². The molecule has 0 radical (unpaired) electrons. The molecule has 5 nitrogen and oxygen atoms in total. The number of aromatic nitrogens is 2. The summed E-state index contributed by atoms with van der Waals surface area (Å²) in [7, 11) is 1.60. The maximum absolute atomic E-state index is 9.81. The number of nitrogens with two attached hydrogens (primary N) is 1. The number of anilines is 1. The Kier molecular flexibility index (Phi) is 4.62. The van der Waals surface area contributed by atoms with Gasteiger partial charge in [-0.05, 0) is 24.6 Å². The number of nitrogen functional groups attached to an aromatic ring is 1. The van der Waals surface area contributed by atoms with E-state index in [0.717, 1.165) is 29.1 Å². The molecular weight excluding hydrogens is 254 g/mol. The molecule has 1 aromatic heterocycles. The topological polar surface area (TPSA) is 73.3 Å². The Balaban J connectivity index is 2.31. The van der Waals surface area contributed by atoms with Crippen LogP contribution in [0.2, 0.25) is 0 Å². The van der Waals surface area contributed by atoms with Gasteiger partial charge in [0.05, 0.1) is 23.7 Å². The third-order valence-electron chi connectivity index (χ3n) is 3.36. The fourth-order valence-electron chi connectivity index (χ4n) is 2.40. The number of aryl methyl sites for hydroxylation is 1. The maximum atomic E-state index is 9.81. The largest absolute Gasteiger partial charge is 0.399 e. The normalized spacial score (nSPS) is 13.2. The Morgan fingerprint density at radius 3 is 2.80 bits per heavy atom. The zero-order chi connectivity index (χ0) is 14.7. The predicted molar refractivity (Wildman–Crippen MR) is 80.7 cm³/mol. The van der Waals surface area contributed by atoms with Crippen molar-refractivity contribution in [1.82, 2.24) is 9.55 Å². The first-order valence-electron chi connectivity index (χ1n) is 6.95. The number of ether oxygens (including phenoxy) is 1. The van der Waals surface area contributed by atoms with Crippen molar-refractivity contribution in [1.29, 1.82) is 0 Å². The summed E-state index contributed by atoms with van der Waals surface area (Å²) >= 11 is 0. The number of rotatable bonds is 6. The average Bonchev–Trinajstić information content (AvgIpc) is 2.74. The Labute approximate surface area is 119 Å². The van der Waals surface area contributed by atoms with Crippen molar-refractivity contribution < 1.29 is 9.84 Å². The van der Waals surface area contributed by atoms with Crippen molar-refractivity contribution in [2.75, 3.05) is 19.5 Å². The zero-order valence-electron chi connectivity index (χ0n) is 12.3. The lowest BCUT2D eigenvalue weighted by Crippen LogP contribution is -2.17. The van der Waals surface area contributed by atoms with Gasteiger partial charge < -0.3 is 20.1 Å². The van der Waals surface area contributed by atoms with E-state index in [2.05, 4.69) is 23.4 Å². The van der Waals surface area contributed by atoms with Gasteiger partial charge in [0.25, 0.3) is 0 Å². The maximum Gasteiger partial charge on any atom is 0.112 e. The molecule has 0 saturated heterocycles. The van der Waals surface area contributed by atoms with Gasteiger partial charge in [0.15, 0.2) is 0 Å². The summed E-state index contributed by atoms with van der Waals surface area (Å²) in [5, 5.41) is 9.81. The first-order valence-corrected chi connectivity index (χ1v) is 6.95. The van der Waals surface area contributed by atoms with Crippen LogP contribution in [0, 0.1) is 0 Å². The van der Waals surface area contributed by atoms with Crippen LogP contribution in [-0.2, 0) is 11.3 Å². The smallest absolute Gasteiger partial charge is 0.112 e. The molecule has 2 rings (SSSR count). The zero-order valence-corrected chi connectivity index (χ0v) is 12.3. The fraction of sp³-hybridized carbons (Fsp3) is 0.533. The van der Waals surface area contributed by atoms with E-state index in [1.807, 2.05) is 18.2 Å². The van der Waals surface area contributed by atoms with E-state index >= 15 is 0 Å². The number of hydrogen-bond donors (Lipinski definition) is 2. The van der Waals surface area contributed by atoms with Gasteiger partial charge in [-0.15, -0.1) is 0 Å². The molecule has 5 heteroatoms. The van der Waals surface area contributed by atoms with Crippen molar-refractivity contribution in [3.05, 3.63) is 24.0 Å². The lowest BCUT2D eigenvalue weighted by atomic mass is 10.2. The Hall–Kier alpha value is -1.59. The van der Waals surface area contributed by atoms with Gasteiger partial charge in [0, 0.05) is 25.3 Å². The van der Waals surface area contributed by atoms with Crippen LogP contribution >= 0.6 is 0 Å². The summed E-state index contributed by atoms with van der Waals surface area (Å²) in [6, 6.07) is 5.77. The van der Waals surface area contributed by atoms with E-state index in [0.29, 0.717) is 18.9 Å². The van der Waals surface area contributed by atoms with Crippen LogP contribution in [0.5, 0.6) is 0 Å². The average molecular weight is 277 g/mol. The van der Waals surface area contributed by atoms with E-state index in [1.165, 1.54) is 0 Å². The van der Waals surface area contributed by atoms with Gasteiger partial charge in [0.2, 0.25) is 0 Å². The van der Waals surface area contributed by atoms with Crippen LogP contribution in [0.3, 0.4) is 0 Å². The van der Waals surface area contributed by atoms with Gasteiger partial charge in [-0.2, -0.15) is 0 Å². The van der Waals surface area contributed by atoms with Gasteiger partial charge >= 0.3 is 0 Å². The number of nitrogens with zero attached hydrogens (tertiary/aromatic N) is 2. The molecule has 0 aliphatic rings. The Morgan fingerprint density at radius 1 is 1.40 bits per heavy atom. The lowest BCUT2D eigenvalue weighted by molar-refractivity contribution is 0.0565. The van der Waals surface area contributed by atoms with Crippen LogP contribution in [0.1, 0.15) is 32.0 Å². The summed E-state index contributed by atoms with van der Waals surface area (Å²) in [4.78, 5) is 4.67. The highest BCUT2D eigenvalue weighted by atomic mass is 16.5. The minimum absolute atomic E-state index is 0.322. The second-order valence-electron chi connectivity index (χ2n) is 5.42. The second kappa shape index (κ2) is 6.24. The number of aliphatic hydroxyl groups is 1. The van der Waals surface area contributed by atoms with Crippen LogP contribution < -0.4 is 5.73 Å². The monoisotopic (exact) mass is 277 g/mol. The summed E-state index contributed by atoms with van der Waals surface area (Å²) in [5.41, 5.74) is 8.51. The molecule has 3 N–H and O–H groups in total. The number of imidazole rings is 1. The molecule has 110 valence electrons. The molecule has 0 spiro atoms. The molecule has 20 heavy (non-hydrogen) atoms. The van der Waals surface area contributed by atoms with Gasteiger partial charge in [-0.3, -0.25) is 0 Å². The van der Waals surface area contributed by atoms with E-state index in [-0.39, 0.29) is 0 Å². The van der Waals surface area contributed by atoms with Crippen molar-refractivity contribution in [3.8, 4) is 0 Å². The van der Waals surface area contributed by atoms with E-state index in [4.69, 9.17) is 10.5 Å². The quantitative estimate of drug-likeness (QED) is 0.793. The van der Waals surface area contributed by atoms with Crippen molar-refractivity contribution >= 4 is 16.7 Å². The molecule has 0 bridgehead atoms. The molecule has 1 unspecified atom stereocenters. The molecule has 0 aliphatic carbocycles. The number of benzene rings is 1. The molecule has 0 saturated carbocycles. The standard InChI is InChI=1S/C15H23N3O2/c1-10(2)15-17-13-8-11(16)4-5-14(13)18(15)7-6-12(19)9-20-3/h4-5,8,10,12,19H,6-7,9,16H2,1-3H3. The van der Waals surface area contributed by atoms with Crippen LogP contribution in [-0.4, -0.2) is 34.5 Å². The van der Waals surface area contributed by atoms with Crippen LogP contribution in [0.25, 0.3) is 11.0 Å². The minimum atomic E-state index is -0.453. The van der Waals surface area contributed by atoms with Crippen molar-refractivity contribution in [2.24, 2.45) is 0 Å². The highest BCUT2D eigenvalue weighted by Gasteiger charge is 2.15. The molecule has 0 aliphatic heterocycles. The lowest BCUT2D eigenvalue weighted by Gasteiger charge is -2.14. The van der Waals surface area contributed by atoms with Crippen molar-refractivity contribution in [3.63, 3.8) is 0 Å². The number of methoxy groups -OCH3 is 1. The summed E-state index contributed by atoms with van der Waals surface area (Å²) in [5.74, 6) is 1.35. The Bertz CT molecular complexity index is 578.